The molecule has 60 valence electrons. The molecule has 1 aromatic heterocycles. The fourth-order valence-corrected chi connectivity index (χ4v) is 1.73. The van der Waals surface area contributed by atoms with Crippen LogP contribution in [0.3, 0.4) is 0 Å². The molecule has 0 saturated heterocycles. The average Bonchev–Trinajstić information content (AvgIpc) is 1.96. The molecule has 0 bridgehead atoms. The Morgan fingerprint density at radius 3 is 2.91 bits per heavy atom. The molecule has 6 heteroatoms. The van der Waals surface area contributed by atoms with Crippen LogP contribution in [0.25, 0.3) is 0 Å². The number of anilines is 1. The summed E-state index contributed by atoms with van der Waals surface area (Å²) in [6.45, 7) is 0. The second-order valence-corrected chi connectivity index (χ2v) is 3.37. The fraction of sp³-hybridized carbons (Fsp3) is 0.200. The van der Waals surface area contributed by atoms with Gasteiger partial charge in [-0.2, -0.15) is 4.98 Å². The summed E-state index contributed by atoms with van der Waals surface area (Å²) in [4.78, 5) is 16.8. The highest BCUT2D eigenvalue weighted by molar-refractivity contribution is 9.10. The maximum atomic E-state index is 10.7. The smallest absolute Gasteiger partial charge is 0.347 e. The van der Waals surface area contributed by atoms with Crippen molar-refractivity contribution < 1.29 is 0 Å². The Kier molecular flexibility index (Phi) is 2.56. The van der Waals surface area contributed by atoms with Crippen molar-refractivity contribution in [3.05, 3.63) is 15.0 Å². The lowest BCUT2D eigenvalue weighted by atomic mass is 10.6. The SMILES string of the molecule is CSc1nc(=O)[nH]c(N)c1Br. The Hall–Kier alpha value is -0.490. The minimum absolute atomic E-state index is 0.314. The second-order valence-electron chi connectivity index (χ2n) is 1.78. The molecule has 0 radical (unpaired) electrons. The van der Waals surface area contributed by atoms with E-state index in [0.29, 0.717) is 15.3 Å². The number of thioether (sulfide) groups is 1. The first-order valence-electron chi connectivity index (χ1n) is 2.74. The number of nitrogen functional groups attached to an aromatic ring is 1. The number of hydrogen-bond acceptors (Lipinski definition) is 4. The molecular formula is C5H6BrN3OS. The van der Waals surface area contributed by atoms with Gasteiger partial charge in [0.2, 0.25) is 0 Å². The van der Waals surface area contributed by atoms with Crippen LogP contribution >= 0.6 is 27.7 Å². The lowest BCUT2D eigenvalue weighted by Gasteiger charge is -2.00. The molecule has 0 aliphatic carbocycles. The van der Waals surface area contributed by atoms with E-state index in [4.69, 9.17) is 5.73 Å². The summed E-state index contributed by atoms with van der Waals surface area (Å²) in [5.41, 5.74) is 5.02. The van der Waals surface area contributed by atoms with E-state index in [-0.39, 0.29) is 0 Å². The van der Waals surface area contributed by atoms with Crippen molar-refractivity contribution in [3.8, 4) is 0 Å². The Bertz CT molecular complexity index is 324. The number of aromatic amines is 1. The molecule has 0 amide bonds. The molecular weight excluding hydrogens is 230 g/mol. The largest absolute Gasteiger partial charge is 0.384 e. The third-order valence-electron chi connectivity index (χ3n) is 1.06. The molecule has 0 aromatic carbocycles. The Balaban J connectivity index is 3.36. The van der Waals surface area contributed by atoms with Gasteiger partial charge in [-0.25, -0.2) is 4.79 Å². The molecule has 1 heterocycles. The predicted molar refractivity (Wildman–Crippen MR) is 48.8 cm³/mol. The van der Waals surface area contributed by atoms with Crippen LogP contribution in [0.2, 0.25) is 0 Å². The third kappa shape index (κ3) is 1.75. The molecule has 0 aliphatic heterocycles. The highest BCUT2D eigenvalue weighted by Gasteiger charge is 2.04. The van der Waals surface area contributed by atoms with Crippen LogP contribution in [0.4, 0.5) is 5.82 Å². The topological polar surface area (TPSA) is 71.8 Å². The first-order chi connectivity index (χ1) is 5.15. The summed E-state index contributed by atoms with van der Waals surface area (Å²) >= 11 is 4.56. The first kappa shape index (κ1) is 8.61. The van der Waals surface area contributed by atoms with Crippen LogP contribution in [0, 0.1) is 0 Å². The fourth-order valence-electron chi connectivity index (χ4n) is 0.590. The Morgan fingerprint density at radius 1 is 1.73 bits per heavy atom. The number of rotatable bonds is 1. The number of hydrogen-bond donors (Lipinski definition) is 2. The van der Waals surface area contributed by atoms with E-state index >= 15 is 0 Å². The molecule has 0 fully saturated rings. The molecule has 0 saturated carbocycles. The molecule has 0 atom stereocenters. The van der Waals surface area contributed by atoms with E-state index in [1.54, 1.807) is 0 Å². The van der Waals surface area contributed by atoms with E-state index < -0.39 is 5.69 Å². The summed E-state index contributed by atoms with van der Waals surface area (Å²) in [6, 6.07) is 0. The van der Waals surface area contributed by atoms with Crippen molar-refractivity contribution in [3.63, 3.8) is 0 Å². The van der Waals surface area contributed by atoms with Gasteiger partial charge in [0, 0.05) is 0 Å². The maximum Gasteiger partial charge on any atom is 0.347 e. The zero-order valence-corrected chi connectivity index (χ0v) is 8.12. The average molecular weight is 236 g/mol. The molecule has 4 nitrogen and oxygen atoms in total. The number of nitrogens with one attached hydrogen (secondary N) is 1. The number of aromatic nitrogens is 2. The maximum absolute atomic E-state index is 10.7. The van der Waals surface area contributed by atoms with Crippen molar-refractivity contribution in [2.24, 2.45) is 0 Å². The highest BCUT2D eigenvalue weighted by Crippen LogP contribution is 2.25. The predicted octanol–water partition coefficient (Wildman–Crippen LogP) is 0.837. The Morgan fingerprint density at radius 2 is 2.36 bits per heavy atom. The van der Waals surface area contributed by atoms with Crippen LogP contribution < -0.4 is 11.4 Å². The van der Waals surface area contributed by atoms with E-state index in [2.05, 4.69) is 25.9 Å². The number of H-pyrrole nitrogens is 1. The van der Waals surface area contributed by atoms with Crippen molar-refractivity contribution in [2.75, 3.05) is 12.0 Å². The van der Waals surface area contributed by atoms with Crippen molar-refractivity contribution in [1.82, 2.24) is 9.97 Å². The second kappa shape index (κ2) is 3.27. The highest BCUT2D eigenvalue weighted by atomic mass is 79.9. The van der Waals surface area contributed by atoms with Crippen LogP contribution in [-0.4, -0.2) is 16.2 Å². The molecule has 0 spiro atoms. The standard InChI is InChI=1S/C5H6BrN3OS/c1-11-4-2(6)3(7)8-5(10)9-4/h1H3,(H3,7,8,9,10). The molecule has 0 aliphatic rings. The van der Waals surface area contributed by atoms with Gasteiger partial charge < -0.3 is 5.73 Å². The van der Waals surface area contributed by atoms with Gasteiger partial charge in [0.1, 0.15) is 10.8 Å². The van der Waals surface area contributed by atoms with Gasteiger partial charge in [-0.3, -0.25) is 4.98 Å². The van der Waals surface area contributed by atoms with Gasteiger partial charge >= 0.3 is 5.69 Å². The van der Waals surface area contributed by atoms with Crippen molar-refractivity contribution in [2.45, 2.75) is 5.03 Å². The molecule has 3 N–H and O–H groups in total. The lowest BCUT2D eigenvalue weighted by molar-refractivity contribution is 0.973. The number of nitrogens with zero attached hydrogens (tertiary/aromatic N) is 1. The molecule has 1 rings (SSSR count). The number of nitrogens with two attached hydrogens (primary N) is 1. The quantitative estimate of drug-likeness (QED) is 0.559. The lowest BCUT2D eigenvalue weighted by Crippen LogP contribution is -2.13. The Labute approximate surface area is 75.7 Å². The first-order valence-corrected chi connectivity index (χ1v) is 4.76. The van der Waals surface area contributed by atoms with Crippen LogP contribution in [-0.2, 0) is 0 Å². The van der Waals surface area contributed by atoms with Crippen LogP contribution in [0.15, 0.2) is 14.3 Å². The van der Waals surface area contributed by atoms with Gasteiger partial charge in [0.05, 0.1) is 4.47 Å². The van der Waals surface area contributed by atoms with Gasteiger partial charge in [-0.15, -0.1) is 11.8 Å². The minimum atomic E-state index is -0.421. The summed E-state index contributed by atoms with van der Waals surface area (Å²) in [6.07, 6.45) is 1.83. The minimum Gasteiger partial charge on any atom is -0.384 e. The van der Waals surface area contributed by atoms with Crippen LogP contribution in [0.1, 0.15) is 0 Å². The number of halogens is 1. The van der Waals surface area contributed by atoms with Gasteiger partial charge in [-0.1, -0.05) is 0 Å². The monoisotopic (exact) mass is 235 g/mol. The molecule has 11 heavy (non-hydrogen) atoms. The normalized spacial score (nSPS) is 10.0. The summed E-state index contributed by atoms with van der Waals surface area (Å²) in [7, 11) is 0. The summed E-state index contributed by atoms with van der Waals surface area (Å²) in [5, 5.41) is 0.603. The zero-order valence-electron chi connectivity index (χ0n) is 5.72. The van der Waals surface area contributed by atoms with Gasteiger partial charge in [-0.05, 0) is 22.2 Å². The zero-order chi connectivity index (χ0) is 8.43. The van der Waals surface area contributed by atoms with E-state index in [9.17, 15) is 4.79 Å². The van der Waals surface area contributed by atoms with Crippen molar-refractivity contribution >= 4 is 33.5 Å². The van der Waals surface area contributed by atoms with E-state index in [1.807, 2.05) is 6.26 Å². The van der Waals surface area contributed by atoms with Crippen LogP contribution in [0.5, 0.6) is 0 Å². The molecule has 1 aromatic rings. The van der Waals surface area contributed by atoms with E-state index in [0.717, 1.165) is 0 Å². The summed E-state index contributed by atoms with van der Waals surface area (Å²) < 4.78 is 0.643. The van der Waals surface area contributed by atoms with Gasteiger partial charge in [0.25, 0.3) is 0 Å². The van der Waals surface area contributed by atoms with Gasteiger partial charge in [0.15, 0.2) is 0 Å². The van der Waals surface area contributed by atoms with E-state index in [1.165, 1.54) is 11.8 Å². The van der Waals surface area contributed by atoms with Crippen molar-refractivity contribution in [1.29, 1.82) is 0 Å². The summed E-state index contributed by atoms with van der Waals surface area (Å²) in [5.74, 6) is 0.314. The third-order valence-corrected chi connectivity index (χ3v) is 2.81. The molecule has 0 unspecified atom stereocenters.